The molecule has 1 saturated carbocycles. The van der Waals surface area contributed by atoms with E-state index in [9.17, 15) is 8.42 Å². The number of benzene rings is 2. The summed E-state index contributed by atoms with van der Waals surface area (Å²) in [5, 5.41) is 0. The number of para-hydroxylation sites is 1. The Balaban J connectivity index is 1.77. The van der Waals surface area contributed by atoms with Gasteiger partial charge in [-0.3, -0.25) is 0 Å². The first-order chi connectivity index (χ1) is 12.0. The van der Waals surface area contributed by atoms with Crippen molar-refractivity contribution in [3.05, 3.63) is 58.6 Å². The van der Waals surface area contributed by atoms with Crippen LogP contribution in [0, 0.1) is 6.92 Å². The molecule has 1 aliphatic rings. The quantitative estimate of drug-likeness (QED) is 0.773. The molecule has 2 aromatic rings. The smallest absolute Gasteiger partial charge is 0.240 e. The number of ether oxygens (including phenoxy) is 1. The van der Waals surface area contributed by atoms with Gasteiger partial charge in [-0.25, -0.2) is 13.1 Å². The Bertz CT molecular complexity index is 821. The molecule has 1 fully saturated rings. The molecule has 0 bridgehead atoms. The molecule has 0 aliphatic heterocycles. The third-order valence-corrected chi connectivity index (χ3v) is 6.62. The van der Waals surface area contributed by atoms with Gasteiger partial charge in [0.2, 0.25) is 10.0 Å². The van der Waals surface area contributed by atoms with Crippen molar-refractivity contribution in [2.75, 3.05) is 0 Å². The highest BCUT2D eigenvalue weighted by molar-refractivity contribution is 9.10. The molecular weight excluding hydrogens is 402 g/mol. The summed E-state index contributed by atoms with van der Waals surface area (Å²) in [5.41, 5.74) is 1.03. The molecule has 0 radical (unpaired) electrons. The maximum Gasteiger partial charge on any atom is 0.240 e. The van der Waals surface area contributed by atoms with Crippen molar-refractivity contribution in [2.24, 2.45) is 0 Å². The molecule has 0 saturated heterocycles. The van der Waals surface area contributed by atoms with Crippen LogP contribution in [0.5, 0.6) is 5.75 Å². The summed E-state index contributed by atoms with van der Waals surface area (Å²) in [6.45, 7) is 1.94. The Morgan fingerprint density at radius 3 is 2.44 bits per heavy atom. The molecule has 6 heteroatoms. The van der Waals surface area contributed by atoms with Crippen molar-refractivity contribution in [3.63, 3.8) is 0 Å². The van der Waals surface area contributed by atoms with Crippen LogP contribution in [0.4, 0.5) is 0 Å². The number of aryl methyl sites for hydroxylation is 1. The highest BCUT2D eigenvalue weighted by Gasteiger charge is 2.31. The largest absolute Gasteiger partial charge is 0.488 e. The second-order valence-electron chi connectivity index (χ2n) is 6.41. The second kappa shape index (κ2) is 7.89. The minimum absolute atomic E-state index is 0.173. The molecule has 1 aliphatic carbocycles. The lowest BCUT2D eigenvalue weighted by atomic mass is 9.93. The SMILES string of the molecule is Cc1ccc(S(=O)(=O)N[C@@H]2CCCC[C@H]2Oc2ccccc2Br)cc1. The van der Waals surface area contributed by atoms with Gasteiger partial charge < -0.3 is 4.74 Å². The number of rotatable bonds is 5. The molecule has 0 spiro atoms. The van der Waals surface area contributed by atoms with Crippen molar-refractivity contribution >= 4 is 26.0 Å². The molecule has 25 heavy (non-hydrogen) atoms. The van der Waals surface area contributed by atoms with Crippen molar-refractivity contribution < 1.29 is 13.2 Å². The van der Waals surface area contributed by atoms with Crippen LogP contribution in [-0.4, -0.2) is 20.6 Å². The van der Waals surface area contributed by atoms with Gasteiger partial charge in [0.05, 0.1) is 15.4 Å². The van der Waals surface area contributed by atoms with Gasteiger partial charge in [-0.15, -0.1) is 0 Å². The van der Waals surface area contributed by atoms with Gasteiger partial charge in [-0.05, 0) is 66.4 Å². The van der Waals surface area contributed by atoms with Crippen molar-refractivity contribution in [2.45, 2.75) is 49.6 Å². The fourth-order valence-corrected chi connectivity index (χ4v) is 4.74. The predicted octanol–water partition coefficient (Wildman–Crippen LogP) is 4.43. The van der Waals surface area contributed by atoms with E-state index >= 15 is 0 Å². The molecule has 4 nitrogen and oxygen atoms in total. The van der Waals surface area contributed by atoms with Crippen LogP contribution in [-0.2, 0) is 10.0 Å². The third-order valence-electron chi connectivity index (χ3n) is 4.46. The van der Waals surface area contributed by atoms with Crippen LogP contribution >= 0.6 is 15.9 Å². The van der Waals surface area contributed by atoms with Crippen molar-refractivity contribution in [1.29, 1.82) is 0 Å². The summed E-state index contributed by atoms with van der Waals surface area (Å²) < 4.78 is 35.3. The van der Waals surface area contributed by atoms with Gasteiger partial charge >= 0.3 is 0 Å². The number of nitrogens with one attached hydrogen (secondary N) is 1. The fraction of sp³-hybridized carbons (Fsp3) is 0.368. The van der Waals surface area contributed by atoms with E-state index in [0.29, 0.717) is 4.90 Å². The summed E-state index contributed by atoms with van der Waals surface area (Å²) in [4.78, 5) is 0.295. The Morgan fingerprint density at radius 2 is 1.72 bits per heavy atom. The van der Waals surface area contributed by atoms with E-state index in [4.69, 9.17) is 4.74 Å². The normalized spacial score (nSPS) is 21.0. The van der Waals surface area contributed by atoms with Gasteiger partial charge in [0, 0.05) is 0 Å². The number of hydrogen-bond donors (Lipinski definition) is 1. The molecule has 1 N–H and O–H groups in total. The van der Waals surface area contributed by atoms with Crippen LogP contribution < -0.4 is 9.46 Å². The second-order valence-corrected chi connectivity index (χ2v) is 8.98. The van der Waals surface area contributed by atoms with Gasteiger partial charge in [-0.1, -0.05) is 36.2 Å². The van der Waals surface area contributed by atoms with E-state index in [0.717, 1.165) is 41.5 Å². The third kappa shape index (κ3) is 4.63. The Kier molecular flexibility index (Phi) is 5.81. The van der Waals surface area contributed by atoms with Crippen LogP contribution in [0.3, 0.4) is 0 Å². The van der Waals surface area contributed by atoms with Gasteiger partial charge in [0.25, 0.3) is 0 Å². The lowest BCUT2D eigenvalue weighted by Gasteiger charge is -2.32. The molecule has 0 amide bonds. The van der Waals surface area contributed by atoms with Crippen LogP contribution in [0.25, 0.3) is 0 Å². The first kappa shape index (κ1) is 18.4. The van der Waals surface area contributed by atoms with E-state index in [1.165, 1.54) is 0 Å². The number of halogens is 1. The maximum atomic E-state index is 12.7. The van der Waals surface area contributed by atoms with Crippen molar-refractivity contribution in [1.82, 2.24) is 4.72 Å². The van der Waals surface area contributed by atoms with E-state index in [1.807, 2.05) is 43.3 Å². The zero-order valence-electron chi connectivity index (χ0n) is 14.1. The summed E-state index contributed by atoms with van der Waals surface area (Å²) in [5.74, 6) is 0.744. The zero-order chi connectivity index (χ0) is 17.9. The van der Waals surface area contributed by atoms with Crippen LogP contribution in [0.15, 0.2) is 57.9 Å². The molecule has 2 aromatic carbocycles. The van der Waals surface area contributed by atoms with Gasteiger partial charge in [0.1, 0.15) is 11.9 Å². The molecule has 0 heterocycles. The Morgan fingerprint density at radius 1 is 1.04 bits per heavy atom. The molecule has 0 aromatic heterocycles. The monoisotopic (exact) mass is 423 g/mol. The highest BCUT2D eigenvalue weighted by atomic mass is 79.9. The lowest BCUT2D eigenvalue weighted by Crippen LogP contribution is -2.47. The highest BCUT2D eigenvalue weighted by Crippen LogP contribution is 2.30. The first-order valence-corrected chi connectivity index (χ1v) is 10.7. The van der Waals surface area contributed by atoms with E-state index in [2.05, 4.69) is 20.7 Å². The Hall–Kier alpha value is -1.37. The molecular formula is C19H22BrNO3S. The number of sulfonamides is 1. The maximum absolute atomic E-state index is 12.7. The summed E-state index contributed by atoms with van der Waals surface area (Å²) >= 11 is 3.48. The van der Waals surface area contributed by atoms with Crippen LogP contribution in [0.2, 0.25) is 0 Å². The predicted molar refractivity (Wildman–Crippen MR) is 102 cm³/mol. The van der Waals surface area contributed by atoms with Crippen LogP contribution in [0.1, 0.15) is 31.2 Å². The molecule has 134 valence electrons. The van der Waals surface area contributed by atoms with E-state index < -0.39 is 10.0 Å². The molecule has 0 unspecified atom stereocenters. The standard InChI is InChI=1S/C19H22BrNO3S/c1-14-10-12-15(13-11-14)25(22,23)21-17-7-3-5-9-19(17)24-18-8-4-2-6-16(18)20/h2,4,6,8,10-13,17,19,21H,3,5,7,9H2,1H3/t17-,19-/m1/s1. The minimum Gasteiger partial charge on any atom is -0.488 e. The molecule has 3 rings (SSSR count). The average Bonchev–Trinajstić information content (AvgIpc) is 2.59. The minimum atomic E-state index is -3.55. The average molecular weight is 424 g/mol. The summed E-state index contributed by atoms with van der Waals surface area (Å²) in [6.07, 6.45) is 3.48. The van der Waals surface area contributed by atoms with Gasteiger partial charge in [-0.2, -0.15) is 0 Å². The zero-order valence-corrected chi connectivity index (χ0v) is 16.5. The van der Waals surface area contributed by atoms with E-state index in [1.54, 1.807) is 12.1 Å². The first-order valence-electron chi connectivity index (χ1n) is 8.46. The van der Waals surface area contributed by atoms with Crippen molar-refractivity contribution in [3.8, 4) is 5.75 Å². The molecule has 2 atom stereocenters. The van der Waals surface area contributed by atoms with Gasteiger partial charge in [0.15, 0.2) is 0 Å². The Labute approximate surface area is 157 Å². The lowest BCUT2D eigenvalue weighted by molar-refractivity contribution is 0.124. The summed E-state index contributed by atoms with van der Waals surface area (Å²) in [7, 11) is -3.55. The summed E-state index contributed by atoms with van der Waals surface area (Å²) in [6, 6.07) is 14.3. The fourth-order valence-electron chi connectivity index (χ4n) is 3.06. The topological polar surface area (TPSA) is 55.4 Å². The number of hydrogen-bond acceptors (Lipinski definition) is 3. The van der Waals surface area contributed by atoms with E-state index in [-0.39, 0.29) is 12.1 Å².